The number of nitro groups is 1. The van der Waals surface area contributed by atoms with Gasteiger partial charge in [-0.25, -0.2) is 9.37 Å². The summed E-state index contributed by atoms with van der Waals surface area (Å²) in [6.45, 7) is 2.46. The van der Waals surface area contributed by atoms with E-state index in [0.717, 1.165) is 0 Å². The van der Waals surface area contributed by atoms with Crippen molar-refractivity contribution >= 4 is 11.5 Å². The molecule has 19 heavy (non-hydrogen) atoms. The molecular weight excluding hydrogens is 249 g/mol. The monoisotopic (exact) mass is 261 g/mol. The fraction of sp³-hybridized carbons (Fsp3) is 0.154. The van der Waals surface area contributed by atoms with E-state index in [1.54, 1.807) is 6.07 Å². The predicted molar refractivity (Wildman–Crippen MR) is 70.4 cm³/mol. The normalized spacial score (nSPS) is 10.2. The van der Waals surface area contributed by atoms with Crippen LogP contribution in [0.5, 0.6) is 0 Å². The standard InChI is InChI=1S/C13H12FN3O2/c1-2-15-13-8-11(17(18)19)7-12(16-13)9-4-3-5-10(14)6-9/h3-8H,2H2,1H3,(H,15,16). The van der Waals surface area contributed by atoms with Crippen LogP contribution in [0.15, 0.2) is 36.4 Å². The van der Waals surface area contributed by atoms with Crippen molar-refractivity contribution in [2.45, 2.75) is 6.92 Å². The Morgan fingerprint density at radius 2 is 2.16 bits per heavy atom. The first-order chi connectivity index (χ1) is 9.10. The Morgan fingerprint density at radius 1 is 1.37 bits per heavy atom. The van der Waals surface area contributed by atoms with Crippen molar-refractivity contribution in [1.82, 2.24) is 4.98 Å². The first-order valence-electron chi connectivity index (χ1n) is 5.76. The lowest BCUT2D eigenvalue weighted by Crippen LogP contribution is -2.01. The number of nitrogens with zero attached hydrogens (tertiary/aromatic N) is 2. The molecule has 1 heterocycles. The third kappa shape index (κ3) is 3.04. The molecule has 1 N–H and O–H groups in total. The molecule has 0 aliphatic rings. The van der Waals surface area contributed by atoms with E-state index in [4.69, 9.17) is 0 Å². The fourth-order valence-electron chi connectivity index (χ4n) is 1.69. The Balaban J connectivity index is 2.52. The van der Waals surface area contributed by atoms with Gasteiger partial charge in [-0.1, -0.05) is 12.1 Å². The highest BCUT2D eigenvalue weighted by Crippen LogP contribution is 2.25. The summed E-state index contributed by atoms with van der Waals surface area (Å²) < 4.78 is 13.2. The molecule has 0 bridgehead atoms. The molecule has 1 aromatic carbocycles. The Hall–Kier alpha value is -2.50. The third-order valence-corrected chi connectivity index (χ3v) is 2.50. The summed E-state index contributed by atoms with van der Waals surface area (Å²) in [4.78, 5) is 14.6. The minimum atomic E-state index is -0.495. The van der Waals surface area contributed by atoms with Crippen molar-refractivity contribution in [3.63, 3.8) is 0 Å². The Morgan fingerprint density at radius 3 is 2.79 bits per heavy atom. The summed E-state index contributed by atoms with van der Waals surface area (Å²) in [7, 11) is 0. The molecular formula is C13H12FN3O2. The maximum Gasteiger partial charge on any atom is 0.275 e. The number of halogens is 1. The van der Waals surface area contributed by atoms with E-state index in [-0.39, 0.29) is 5.69 Å². The molecule has 2 rings (SSSR count). The van der Waals surface area contributed by atoms with Gasteiger partial charge in [0, 0.05) is 18.2 Å². The van der Waals surface area contributed by atoms with Gasteiger partial charge in [-0.05, 0) is 19.1 Å². The Labute approximate surface area is 109 Å². The van der Waals surface area contributed by atoms with E-state index < -0.39 is 10.7 Å². The zero-order valence-electron chi connectivity index (χ0n) is 10.3. The molecule has 98 valence electrons. The van der Waals surface area contributed by atoms with Crippen LogP contribution in [0.3, 0.4) is 0 Å². The lowest BCUT2D eigenvalue weighted by molar-refractivity contribution is -0.384. The molecule has 6 heteroatoms. The summed E-state index contributed by atoms with van der Waals surface area (Å²) in [6, 6.07) is 8.48. The molecule has 0 atom stereocenters. The zero-order valence-corrected chi connectivity index (χ0v) is 10.3. The largest absolute Gasteiger partial charge is 0.370 e. The number of hydrogen-bond donors (Lipinski definition) is 1. The van der Waals surface area contributed by atoms with Crippen LogP contribution in [0.4, 0.5) is 15.9 Å². The molecule has 0 amide bonds. The van der Waals surface area contributed by atoms with Gasteiger partial charge in [0.25, 0.3) is 5.69 Å². The van der Waals surface area contributed by atoms with E-state index >= 15 is 0 Å². The Kier molecular flexibility index (Phi) is 3.70. The molecule has 0 radical (unpaired) electrons. The average molecular weight is 261 g/mol. The Bertz CT molecular complexity index is 617. The minimum absolute atomic E-state index is 0.0785. The number of anilines is 1. The second-order valence-electron chi connectivity index (χ2n) is 3.89. The molecule has 1 aromatic heterocycles. The van der Waals surface area contributed by atoms with Crippen LogP contribution in [0.25, 0.3) is 11.3 Å². The van der Waals surface area contributed by atoms with E-state index in [1.807, 2.05) is 6.92 Å². The first kappa shape index (κ1) is 12.9. The summed E-state index contributed by atoms with van der Waals surface area (Å²) >= 11 is 0. The number of benzene rings is 1. The van der Waals surface area contributed by atoms with Gasteiger partial charge in [-0.2, -0.15) is 0 Å². The first-order valence-corrected chi connectivity index (χ1v) is 5.76. The topological polar surface area (TPSA) is 68.1 Å². The molecule has 0 spiro atoms. The van der Waals surface area contributed by atoms with Gasteiger partial charge in [0.1, 0.15) is 11.6 Å². The zero-order chi connectivity index (χ0) is 13.8. The van der Waals surface area contributed by atoms with Crippen LogP contribution in [0.2, 0.25) is 0 Å². The molecule has 0 unspecified atom stereocenters. The highest BCUT2D eigenvalue weighted by atomic mass is 19.1. The van der Waals surface area contributed by atoms with Crippen molar-refractivity contribution in [3.05, 3.63) is 52.3 Å². The number of hydrogen-bond acceptors (Lipinski definition) is 4. The minimum Gasteiger partial charge on any atom is -0.370 e. The molecule has 2 aromatic rings. The van der Waals surface area contributed by atoms with Gasteiger partial charge in [0.2, 0.25) is 0 Å². The fourth-order valence-corrected chi connectivity index (χ4v) is 1.69. The second-order valence-corrected chi connectivity index (χ2v) is 3.89. The SMILES string of the molecule is CCNc1cc([N+](=O)[O-])cc(-c2cccc(F)c2)n1. The summed E-state index contributed by atoms with van der Waals surface area (Å²) in [5.74, 6) is -0.00762. The van der Waals surface area contributed by atoms with Crippen molar-refractivity contribution in [3.8, 4) is 11.3 Å². The van der Waals surface area contributed by atoms with E-state index in [2.05, 4.69) is 10.3 Å². The molecule has 0 saturated carbocycles. The highest BCUT2D eigenvalue weighted by molar-refractivity contribution is 5.65. The highest BCUT2D eigenvalue weighted by Gasteiger charge is 2.12. The van der Waals surface area contributed by atoms with Crippen LogP contribution < -0.4 is 5.32 Å². The van der Waals surface area contributed by atoms with Crippen LogP contribution in [0, 0.1) is 15.9 Å². The number of aromatic nitrogens is 1. The predicted octanol–water partition coefficient (Wildman–Crippen LogP) is 3.23. The van der Waals surface area contributed by atoms with Gasteiger partial charge in [0.05, 0.1) is 16.7 Å². The maximum absolute atomic E-state index is 13.2. The number of pyridine rings is 1. The smallest absolute Gasteiger partial charge is 0.275 e. The summed E-state index contributed by atoms with van der Waals surface area (Å²) in [5.41, 5.74) is 0.790. The molecule has 5 nitrogen and oxygen atoms in total. The summed E-state index contributed by atoms with van der Waals surface area (Å²) in [6.07, 6.45) is 0. The van der Waals surface area contributed by atoms with Crippen LogP contribution in [0.1, 0.15) is 6.92 Å². The van der Waals surface area contributed by atoms with Crippen LogP contribution >= 0.6 is 0 Å². The van der Waals surface area contributed by atoms with Crippen molar-refractivity contribution in [2.75, 3.05) is 11.9 Å². The molecule has 0 saturated heterocycles. The lowest BCUT2D eigenvalue weighted by Gasteiger charge is -2.06. The third-order valence-electron chi connectivity index (χ3n) is 2.50. The quantitative estimate of drug-likeness (QED) is 0.677. The van der Waals surface area contributed by atoms with Crippen molar-refractivity contribution in [2.24, 2.45) is 0 Å². The summed E-state index contributed by atoms with van der Waals surface area (Å²) in [5, 5.41) is 13.8. The molecule has 0 aliphatic heterocycles. The maximum atomic E-state index is 13.2. The van der Waals surface area contributed by atoms with Crippen LogP contribution in [-0.2, 0) is 0 Å². The number of rotatable bonds is 4. The second kappa shape index (κ2) is 5.43. The van der Waals surface area contributed by atoms with Gasteiger partial charge >= 0.3 is 0 Å². The van der Waals surface area contributed by atoms with Gasteiger partial charge in [-0.3, -0.25) is 10.1 Å². The average Bonchev–Trinajstić information content (AvgIpc) is 2.38. The lowest BCUT2D eigenvalue weighted by atomic mass is 10.1. The van der Waals surface area contributed by atoms with E-state index in [9.17, 15) is 14.5 Å². The van der Waals surface area contributed by atoms with Crippen LogP contribution in [-0.4, -0.2) is 16.5 Å². The van der Waals surface area contributed by atoms with E-state index in [0.29, 0.717) is 23.6 Å². The van der Waals surface area contributed by atoms with Gasteiger partial charge in [0.15, 0.2) is 0 Å². The number of nitrogens with one attached hydrogen (secondary N) is 1. The molecule has 0 fully saturated rings. The molecule has 0 aliphatic carbocycles. The van der Waals surface area contributed by atoms with Gasteiger partial charge < -0.3 is 5.32 Å². The van der Waals surface area contributed by atoms with Crippen molar-refractivity contribution in [1.29, 1.82) is 0 Å². The van der Waals surface area contributed by atoms with Gasteiger partial charge in [-0.15, -0.1) is 0 Å². The van der Waals surface area contributed by atoms with E-state index in [1.165, 1.54) is 30.3 Å². The van der Waals surface area contributed by atoms with Crippen molar-refractivity contribution < 1.29 is 9.31 Å².